The highest BCUT2D eigenvalue weighted by Crippen LogP contribution is 2.49. The molecule has 0 fully saturated rings. The number of benzene rings is 8. The molecule has 2 aromatic heterocycles. The molecule has 0 saturated carbocycles. The zero-order chi connectivity index (χ0) is 38.8. The van der Waals surface area contributed by atoms with Crippen molar-refractivity contribution >= 4 is 21.9 Å². The molecule has 10 aromatic rings. The third-order valence-electron chi connectivity index (χ3n) is 11.8. The lowest BCUT2D eigenvalue weighted by atomic mass is 9.82. The van der Waals surface area contributed by atoms with Crippen LogP contribution in [0.4, 0.5) is 0 Å². The third-order valence-corrected chi connectivity index (χ3v) is 11.8. The van der Waals surface area contributed by atoms with Crippen LogP contribution in [0.15, 0.2) is 192 Å². The van der Waals surface area contributed by atoms with Crippen molar-refractivity contribution in [3.05, 3.63) is 199 Å². The summed E-state index contributed by atoms with van der Waals surface area (Å²) in [6.45, 7) is 4.60. The smallest absolute Gasteiger partial charge is 0.164 e. The molecule has 8 aromatic carbocycles. The molecule has 1 aliphatic carbocycles. The Morgan fingerprint density at radius 2 is 0.862 bits per heavy atom. The molecule has 58 heavy (non-hydrogen) atoms. The van der Waals surface area contributed by atoms with E-state index < -0.39 is 0 Å². The lowest BCUT2D eigenvalue weighted by molar-refractivity contribution is 0.660. The maximum atomic E-state index is 6.49. The van der Waals surface area contributed by atoms with E-state index in [1.807, 2.05) is 30.3 Å². The molecule has 2 heterocycles. The van der Waals surface area contributed by atoms with Crippen molar-refractivity contribution < 1.29 is 4.42 Å². The van der Waals surface area contributed by atoms with Gasteiger partial charge in [-0.2, -0.15) is 0 Å². The molecular weight excluding hydrogens is 707 g/mol. The fourth-order valence-electron chi connectivity index (χ4n) is 8.74. The Kier molecular flexibility index (Phi) is 7.80. The minimum Gasteiger partial charge on any atom is -0.456 e. The summed E-state index contributed by atoms with van der Waals surface area (Å²) in [6, 6.07) is 66.2. The van der Waals surface area contributed by atoms with Gasteiger partial charge in [-0.25, -0.2) is 15.0 Å². The van der Waals surface area contributed by atoms with Crippen LogP contribution in [-0.4, -0.2) is 15.0 Å². The molecule has 0 atom stereocenters. The van der Waals surface area contributed by atoms with E-state index in [-0.39, 0.29) is 5.41 Å². The van der Waals surface area contributed by atoms with E-state index in [9.17, 15) is 0 Å². The third kappa shape index (κ3) is 5.64. The number of furan rings is 1. The first-order valence-corrected chi connectivity index (χ1v) is 19.8. The van der Waals surface area contributed by atoms with Crippen LogP contribution in [0.25, 0.3) is 101 Å². The second-order valence-corrected chi connectivity index (χ2v) is 15.6. The number of rotatable bonds is 6. The van der Waals surface area contributed by atoms with Crippen LogP contribution in [0.2, 0.25) is 0 Å². The van der Waals surface area contributed by atoms with Crippen molar-refractivity contribution in [2.24, 2.45) is 0 Å². The van der Waals surface area contributed by atoms with E-state index in [0.717, 1.165) is 49.8 Å². The Bertz CT molecular complexity index is 3180. The van der Waals surface area contributed by atoms with E-state index >= 15 is 0 Å². The van der Waals surface area contributed by atoms with Crippen molar-refractivity contribution in [3.63, 3.8) is 0 Å². The molecule has 4 nitrogen and oxygen atoms in total. The average molecular weight is 744 g/mol. The molecular formula is C54H37N3O. The van der Waals surface area contributed by atoms with Gasteiger partial charge < -0.3 is 4.42 Å². The average Bonchev–Trinajstić information content (AvgIpc) is 3.78. The Morgan fingerprint density at radius 3 is 1.60 bits per heavy atom. The second-order valence-electron chi connectivity index (χ2n) is 15.6. The molecule has 0 saturated heterocycles. The van der Waals surface area contributed by atoms with Gasteiger partial charge in [0.25, 0.3) is 0 Å². The first-order chi connectivity index (χ1) is 28.5. The summed E-state index contributed by atoms with van der Waals surface area (Å²) < 4.78 is 6.49. The number of aromatic nitrogens is 3. The number of nitrogens with zero attached hydrogens (tertiary/aromatic N) is 3. The highest BCUT2D eigenvalue weighted by Gasteiger charge is 2.35. The SMILES string of the molecule is CC1(C)c2ccccc2-c2ccc(-c3nc(-c4ccccc4)nc(-c4cccc5oc6ccc(-c7ccc(-c8cccc(-c9ccccc9)c8)cc7)cc6c45)n3)cc21. The molecule has 0 aliphatic heterocycles. The van der Waals surface area contributed by atoms with Gasteiger partial charge in [0.05, 0.1) is 0 Å². The van der Waals surface area contributed by atoms with E-state index in [1.165, 1.54) is 44.5 Å². The lowest BCUT2D eigenvalue weighted by Crippen LogP contribution is -2.15. The van der Waals surface area contributed by atoms with Crippen LogP contribution in [0, 0.1) is 0 Å². The van der Waals surface area contributed by atoms with Crippen molar-refractivity contribution in [2.45, 2.75) is 19.3 Å². The van der Waals surface area contributed by atoms with Gasteiger partial charge in [0, 0.05) is 32.9 Å². The minimum atomic E-state index is -0.146. The van der Waals surface area contributed by atoms with Gasteiger partial charge >= 0.3 is 0 Å². The zero-order valence-corrected chi connectivity index (χ0v) is 32.1. The predicted octanol–water partition coefficient (Wildman–Crippen LogP) is 14.1. The number of fused-ring (bicyclic) bond motifs is 6. The second kappa shape index (κ2) is 13.4. The van der Waals surface area contributed by atoms with Crippen LogP contribution in [-0.2, 0) is 5.41 Å². The fraction of sp³-hybridized carbons (Fsp3) is 0.0556. The summed E-state index contributed by atoms with van der Waals surface area (Å²) >= 11 is 0. The van der Waals surface area contributed by atoms with E-state index in [1.54, 1.807) is 0 Å². The zero-order valence-electron chi connectivity index (χ0n) is 32.1. The van der Waals surface area contributed by atoms with Gasteiger partial charge in [-0.15, -0.1) is 0 Å². The summed E-state index contributed by atoms with van der Waals surface area (Å²) in [6.07, 6.45) is 0. The van der Waals surface area contributed by atoms with Crippen LogP contribution in [0.5, 0.6) is 0 Å². The Hall–Kier alpha value is -7.43. The lowest BCUT2D eigenvalue weighted by Gasteiger charge is -2.21. The first-order valence-electron chi connectivity index (χ1n) is 19.8. The monoisotopic (exact) mass is 743 g/mol. The Morgan fingerprint density at radius 1 is 0.345 bits per heavy atom. The van der Waals surface area contributed by atoms with Gasteiger partial charge in [-0.1, -0.05) is 172 Å². The fourth-order valence-corrected chi connectivity index (χ4v) is 8.74. The van der Waals surface area contributed by atoms with Crippen LogP contribution in [0.1, 0.15) is 25.0 Å². The van der Waals surface area contributed by atoms with Gasteiger partial charge in [-0.05, 0) is 86.0 Å². The van der Waals surface area contributed by atoms with Gasteiger partial charge in [-0.3, -0.25) is 0 Å². The van der Waals surface area contributed by atoms with Gasteiger partial charge in [0.15, 0.2) is 17.5 Å². The summed E-state index contributed by atoms with van der Waals surface area (Å²) in [5.74, 6) is 1.87. The van der Waals surface area contributed by atoms with E-state index in [2.05, 4.69) is 172 Å². The van der Waals surface area contributed by atoms with Crippen molar-refractivity contribution in [2.75, 3.05) is 0 Å². The number of hydrogen-bond acceptors (Lipinski definition) is 4. The topological polar surface area (TPSA) is 51.8 Å². The molecule has 1 aliphatic rings. The summed E-state index contributed by atoms with van der Waals surface area (Å²) in [5.41, 5.74) is 16.4. The number of hydrogen-bond donors (Lipinski definition) is 0. The Labute approximate surface area is 337 Å². The van der Waals surface area contributed by atoms with E-state index in [4.69, 9.17) is 19.4 Å². The standard InChI is InChI=1S/C54H37N3O/c1-54(2)46-21-10-9-19-42(46)43-29-27-41(33-47(43)54)52-55-51(37-15-7-4-8-16-37)56-53(57-52)44-20-12-22-49-50(44)45-32-40(28-30-48(45)58-49)36-25-23-35(24-26-36)39-18-11-17-38(31-39)34-13-5-3-6-14-34/h3-33H,1-2H3. The van der Waals surface area contributed by atoms with Gasteiger partial charge in [0.1, 0.15) is 11.2 Å². The molecule has 0 N–H and O–H groups in total. The van der Waals surface area contributed by atoms with Crippen LogP contribution >= 0.6 is 0 Å². The highest BCUT2D eigenvalue weighted by atomic mass is 16.3. The van der Waals surface area contributed by atoms with Crippen LogP contribution in [0.3, 0.4) is 0 Å². The quantitative estimate of drug-likeness (QED) is 0.170. The summed E-state index contributed by atoms with van der Waals surface area (Å²) in [4.78, 5) is 15.5. The molecule has 4 heteroatoms. The molecule has 0 amide bonds. The van der Waals surface area contributed by atoms with Gasteiger partial charge in [0.2, 0.25) is 0 Å². The summed E-state index contributed by atoms with van der Waals surface area (Å²) in [5, 5.41) is 2.00. The highest BCUT2D eigenvalue weighted by molar-refractivity contribution is 6.12. The predicted molar refractivity (Wildman–Crippen MR) is 237 cm³/mol. The van der Waals surface area contributed by atoms with Crippen molar-refractivity contribution in [3.8, 4) is 78.7 Å². The molecule has 0 spiro atoms. The minimum absolute atomic E-state index is 0.146. The van der Waals surface area contributed by atoms with Crippen molar-refractivity contribution in [1.29, 1.82) is 0 Å². The molecule has 0 radical (unpaired) electrons. The Balaban J connectivity index is 1.01. The summed E-state index contributed by atoms with van der Waals surface area (Å²) in [7, 11) is 0. The maximum absolute atomic E-state index is 6.49. The molecule has 11 rings (SSSR count). The van der Waals surface area contributed by atoms with Crippen LogP contribution < -0.4 is 0 Å². The largest absolute Gasteiger partial charge is 0.456 e. The maximum Gasteiger partial charge on any atom is 0.164 e. The molecule has 0 unspecified atom stereocenters. The van der Waals surface area contributed by atoms with Crippen molar-refractivity contribution in [1.82, 2.24) is 15.0 Å². The normalized spacial score (nSPS) is 12.8. The first kappa shape index (κ1) is 33.9. The molecule has 274 valence electrons. The van der Waals surface area contributed by atoms with E-state index in [0.29, 0.717) is 17.5 Å². The molecule has 0 bridgehead atoms.